The van der Waals surface area contributed by atoms with Gasteiger partial charge >= 0.3 is 5.97 Å². The lowest BCUT2D eigenvalue weighted by atomic mass is 10.2. The summed E-state index contributed by atoms with van der Waals surface area (Å²) in [5, 5.41) is 9.45. The molecular formula is C12H11NO2S. The predicted octanol–water partition coefficient (Wildman–Crippen LogP) is 2.83. The Bertz CT molecular complexity index is 479. The van der Waals surface area contributed by atoms with Crippen LogP contribution >= 0.6 is 11.3 Å². The molecule has 0 saturated carbocycles. The van der Waals surface area contributed by atoms with Crippen LogP contribution in [0.1, 0.15) is 11.4 Å². The number of thiazole rings is 1. The number of carboxylic acids is 1. The molecule has 0 saturated heterocycles. The van der Waals surface area contributed by atoms with E-state index in [0.717, 1.165) is 15.4 Å². The highest BCUT2D eigenvalue weighted by atomic mass is 32.1. The molecule has 2 aromatic rings. The van der Waals surface area contributed by atoms with Crippen molar-refractivity contribution in [1.82, 2.24) is 4.98 Å². The van der Waals surface area contributed by atoms with E-state index in [2.05, 4.69) is 4.98 Å². The maximum Gasteiger partial charge on any atom is 0.303 e. The molecule has 0 spiro atoms. The van der Waals surface area contributed by atoms with Gasteiger partial charge in [-0.1, -0.05) is 30.3 Å². The van der Waals surface area contributed by atoms with Crippen LogP contribution < -0.4 is 0 Å². The molecule has 1 aromatic heterocycles. The number of benzene rings is 1. The van der Waals surface area contributed by atoms with Crippen molar-refractivity contribution in [3.63, 3.8) is 0 Å². The highest BCUT2D eigenvalue weighted by Crippen LogP contribution is 2.26. The summed E-state index contributed by atoms with van der Waals surface area (Å²) in [5.74, 6) is -0.781. The Hall–Kier alpha value is -1.68. The normalized spacial score (nSPS) is 10.2. The minimum Gasteiger partial charge on any atom is -0.481 e. The third kappa shape index (κ3) is 2.67. The molecule has 82 valence electrons. The zero-order chi connectivity index (χ0) is 11.4. The minimum absolute atomic E-state index is 0.141. The van der Waals surface area contributed by atoms with Gasteiger partial charge in [-0.2, -0.15) is 0 Å². The SMILES string of the molecule is O=C(O)CCc1ncc(-c2ccccc2)s1. The second-order valence-corrected chi connectivity index (χ2v) is 4.49. The summed E-state index contributed by atoms with van der Waals surface area (Å²) < 4.78 is 0. The highest BCUT2D eigenvalue weighted by molar-refractivity contribution is 7.15. The van der Waals surface area contributed by atoms with E-state index < -0.39 is 5.97 Å². The molecule has 0 aliphatic heterocycles. The molecule has 16 heavy (non-hydrogen) atoms. The Morgan fingerprint density at radius 3 is 2.75 bits per heavy atom. The average molecular weight is 233 g/mol. The predicted molar refractivity (Wildman–Crippen MR) is 63.5 cm³/mol. The van der Waals surface area contributed by atoms with Crippen molar-refractivity contribution in [3.05, 3.63) is 41.5 Å². The summed E-state index contributed by atoms with van der Waals surface area (Å²) in [6, 6.07) is 9.97. The smallest absolute Gasteiger partial charge is 0.303 e. The Balaban J connectivity index is 2.11. The first-order chi connectivity index (χ1) is 7.75. The van der Waals surface area contributed by atoms with Crippen LogP contribution in [0.3, 0.4) is 0 Å². The van der Waals surface area contributed by atoms with Crippen LogP contribution in [0, 0.1) is 0 Å². The number of hydrogen-bond donors (Lipinski definition) is 1. The van der Waals surface area contributed by atoms with Crippen molar-refractivity contribution in [1.29, 1.82) is 0 Å². The number of rotatable bonds is 4. The van der Waals surface area contributed by atoms with E-state index in [1.165, 1.54) is 0 Å². The lowest BCUT2D eigenvalue weighted by Crippen LogP contribution is -1.96. The van der Waals surface area contributed by atoms with Crippen LogP contribution in [0.2, 0.25) is 0 Å². The molecule has 1 heterocycles. The summed E-state index contributed by atoms with van der Waals surface area (Å²) in [7, 11) is 0. The van der Waals surface area contributed by atoms with Crippen molar-refractivity contribution in [2.24, 2.45) is 0 Å². The van der Waals surface area contributed by atoms with E-state index in [1.54, 1.807) is 17.5 Å². The first-order valence-electron chi connectivity index (χ1n) is 4.97. The molecule has 0 bridgehead atoms. The fourth-order valence-corrected chi connectivity index (χ4v) is 2.30. The number of hydrogen-bond acceptors (Lipinski definition) is 3. The van der Waals surface area contributed by atoms with E-state index in [-0.39, 0.29) is 6.42 Å². The molecular weight excluding hydrogens is 222 g/mol. The third-order valence-corrected chi connectivity index (χ3v) is 3.27. The Morgan fingerprint density at radius 1 is 1.31 bits per heavy atom. The van der Waals surface area contributed by atoms with Gasteiger partial charge in [-0.05, 0) is 5.56 Å². The largest absolute Gasteiger partial charge is 0.481 e. The fourth-order valence-electron chi connectivity index (χ4n) is 1.38. The Labute approximate surface area is 97.4 Å². The van der Waals surface area contributed by atoms with Gasteiger partial charge < -0.3 is 5.11 Å². The number of carbonyl (C=O) groups is 1. The zero-order valence-corrected chi connectivity index (χ0v) is 9.41. The number of aliphatic carboxylic acids is 1. The van der Waals surface area contributed by atoms with E-state index in [1.807, 2.05) is 30.3 Å². The van der Waals surface area contributed by atoms with E-state index >= 15 is 0 Å². The summed E-state index contributed by atoms with van der Waals surface area (Å²) in [5.41, 5.74) is 1.13. The van der Waals surface area contributed by atoms with Gasteiger partial charge in [-0.3, -0.25) is 4.79 Å². The van der Waals surface area contributed by atoms with Crippen molar-refractivity contribution >= 4 is 17.3 Å². The third-order valence-electron chi connectivity index (χ3n) is 2.16. The van der Waals surface area contributed by atoms with Crippen LogP contribution in [-0.2, 0) is 11.2 Å². The maximum absolute atomic E-state index is 10.4. The quantitative estimate of drug-likeness (QED) is 0.883. The fraction of sp³-hybridized carbons (Fsp3) is 0.167. The molecule has 0 unspecified atom stereocenters. The van der Waals surface area contributed by atoms with Gasteiger partial charge in [0.15, 0.2) is 0 Å². The monoisotopic (exact) mass is 233 g/mol. The van der Waals surface area contributed by atoms with Gasteiger partial charge in [0.05, 0.1) is 16.3 Å². The molecule has 0 amide bonds. The second-order valence-electron chi connectivity index (χ2n) is 3.38. The lowest BCUT2D eigenvalue weighted by Gasteiger charge is -1.93. The lowest BCUT2D eigenvalue weighted by molar-refractivity contribution is -0.136. The first kappa shape index (κ1) is 10.8. The molecule has 0 aliphatic rings. The minimum atomic E-state index is -0.781. The highest BCUT2D eigenvalue weighted by Gasteiger charge is 2.05. The summed E-state index contributed by atoms with van der Waals surface area (Å²) in [4.78, 5) is 15.7. The molecule has 2 rings (SSSR count). The van der Waals surface area contributed by atoms with Crippen molar-refractivity contribution in [2.45, 2.75) is 12.8 Å². The first-order valence-corrected chi connectivity index (χ1v) is 5.79. The molecule has 4 heteroatoms. The Morgan fingerprint density at radius 2 is 2.06 bits per heavy atom. The number of aromatic nitrogens is 1. The summed E-state index contributed by atoms with van der Waals surface area (Å²) >= 11 is 1.55. The van der Waals surface area contributed by atoms with Gasteiger partial charge in [-0.15, -0.1) is 11.3 Å². The number of aryl methyl sites for hydroxylation is 1. The van der Waals surface area contributed by atoms with E-state index in [0.29, 0.717) is 6.42 Å². The van der Waals surface area contributed by atoms with Crippen LogP contribution in [0.15, 0.2) is 36.5 Å². The van der Waals surface area contributed by atoms with Crippen LogP contribution in [-0.4, -0.2) is 16.1 Å². The molecule has 3 nitrogen and oxygen atoms in total. The maximum atomic E-state index is 10.4. The molecule has 0 aliphatic carbocycles. The van der Waals surface area contributed by atoms with E-state index in [4.69, 9.17) is 5.11 Å². The standard InChI is InChI=1S/C12H11NO2S/c14-12(15)7-6-11-13-8-10(16-11)9-4-2-1-3-5-9/h1-5,8H,6-7H2,(H,14,15). The zero-order valence-electron chi connectivity index (χ0n) is 8.59. The molecule has 0 atom stereocenters. The molecule has 0 radical (unpaired) electrons. The molecule has 1 aromatic carbocycles. The van der Waals surface area contributed by atoms with Crippen molar-refractivity contribution in [2.75, 3.05) is 0 Å². The van der Waals surface area contributed by atoms with E-state index in [9.17, 15) is 4.79 Å². The number of nitrogens with zero attached hydrogens (tertiary/aromatic N) is 1. The van der Waals surface area contributed by atoms with Crippen molar-refractivity contribution in [3.8, 4) is 10.4 Å². The van der Waals surface area contributed by atoms with Crippen LogP contribution in [0.25, 0.3) is 10.4 Å². The molecule has 0 fully saturated rings. The van der Waals surface area contributed by atoms with Gasteiger partial charge in [-0.25, -0.2) is 4.98 Å². The summed E-state index contributed by atoms with van der Waals surface area (Å²) in [6.45, 7) is 0. The second kappa shape index (κ2) is 4.90. The van der Waals surface area contributed by atoms with Crippen molar-refractivity contribution < 1.29 is 9.90 Å². The van der Waals surface area contributed by atoms with Gasteiger partial charge in [0.1, 0.15) is 0 Å². The molecule has 1 N–H and O–H groups in total. The topological polar surface area (TPSA) is 50.2 Å². The van der Waals surface area contributed by atoms with Crippen LogP contribution in [0.4, 0.5) is 0 Å². The van der Waals surface area contributed by atoms with Gasteiger partial charge in [0.2, 0.25) is 0 Å². The Kier molecular flexibility index (Phi) is 3.31. The van der Waals surface area contributed by atoms with Gasteiger partial charge in [0, 0.05) is 12.6 Å². The van der Waals surface area contributed by atoms with Crippen LogP contribution in [0.5, 0.6) is 0 Å². The number of carboxylic acid groups (broad SMARTS) is 1. The average Bonchev–Trinajstić information content (AvgIpc) is 2.76. The summed E-state index contributed by atoms with van der Waals surface area (Å²) in [6.07, 6.45) is 2.45. The van der Waals surface area contributed by atoms with Gasteiger partial charge in [0.25, 0.3) is 0 Å².